The van der Waals surface area contributed by atoms with Gasteiger partial charge in [-0.25, -0.2) is 0 Å². The predicted molar refractivity (Wildman–Crippen MR) is 67.5 cm³/mol. The number of hydrogen-bond donors (Lipinski definition) is 0. The summed E-state index contributed by atoms with van der Waals surface area (Å²) in [5.41, 5.74) is 0.811. The fourth-order valence-electron chi connectivity index (χ4n) is 1.60. The molecule has 5 nitrogen and oxygen atoms in total. The average Bonchev–Trinajstić information content (AvgIpc) is 2.37. The van der Waals surface area contributed by atoms with Crippen molar-refractivity contribution in [2.24, 2.45) is 0 Å². The Kier molecular flexibility index (Phi) is 6.12. The number of pyridine rings is 1. The Morgan fingerprint density at radius 3 is 2.78 bits per heavy atom. The van der Waals surface area contributed by atoms with Crippen LogP contribution >= 0.6 is 0 Å². The van der Waals surface area contributed by atoms with E-state index in [9.17, 15) is 4.79 Å². The molecule has 0 N–H and O–H groups in total. The smallest absolute Gasteiger partial charge is 0.268 e. The third-order valence-corrected chi connectivity index (χ3v) is 2.62. The van der Waals surface area contributed by atoms with Gasteiger partial charge in [-0.05, 0) is 25.5 Å². The summed E-state index contributed by atoms with van der Waals surface area (Å²) in [6, 6.07) is 5.24. The van der Waals surface area contributed by atoms with E-state index in [1.165, 1.54) is 0 Å². The van der Waals surface area contributed by atoms with Gasteiger partial charge in [0.25, 0.3) is 5.56 Å². The van der Waals surface area contributed by atoms with E-state index in [-0.39, 0.29) is 11.1 Å². The van der Waals surface area contributed by atoms with Gasteiger partial charge in [0.05, 0.1) is 13.2 Å². The number of rotatable bonds is 7. The summed E-state index contributed by atoms with van der Waals surface area (Å²) >= 11 is 0. The minimum atomic E-state index is -0.227. The summed E-state index contributed by atoms with van der Waals surface area (Å²) in [4.78, 5) is 11.9. The van der Waals surface area contributed by atoms with Gasteiger partial charge in [0, 0.05) is 26.0 Å². The van der Waals surface area contributed by atoms with Gasteiger partial charge in [0.1, 0.15) is 11.6 Å². The molecule has 1 aromatic rings. The molecule has 0 atom stereocenters. The minimum absolute atomic E-state index is 0.181. The van der Waals surface area contributed by atoms with Crippen molar-refractivity contribution in [2.45, 2.75) is 19.9 Å². The van der Waals surface area contributed by atoms with Crippen molar-refractivity contribution in [3.8, 4) is 6.07 Å². The summed E-state index contributed by atoms with van der Waals surface area (Å²) in [6.07, 6.45) is 0.735. The highest BCUT2D eigenvalue weighted by Gasteiger charge is 2.05. The summed E-state index contributed by atoms with van der Waals surface area (Å²) < 4.78 is 11.8. The number of nitriles is 1. The molecule has 98 valence electrons. The molecule has 0 bridgehead atoms. The number of aryl methyl sites for hydroxylation is 1. The van der Waals surface area contributed by atoms with Crippen LogP contribution in [0.3, 0.4) is 0 Å². The van der Waals surface area contributed by atoms with Crippen LogP contribution in [0.5, 0.6) is 0 Å². The monoisotopic (exact) mass is 250 g/mol. The van der Waals surface area contributed by atoms with Crippen LogP contribution < -0.4 is 5.56 Å². The van der Waals surface area contributed by atoms with Gasteiger partial charge in [-0.15, -0.1) is 0 Å². The van der Waals surface area contributed by atoms with Gasteiger partial charge < -0.3 is 14.0 Å². The van der Waals surface area contributed by atoms with E-state index in [0.29, 0.717) is 26.4 Å². The van der Waals surface area contributed by atoms with E-state index in [0.717, 1.165) is 12.1 Å². The molecule has 0 aromatic carbocycles. The molecule has 0 aliphatic carbocycles. The molecule has 0 aliphatic rings. The second kappa shape index (κ2) is 7.64. The van der Waals surface area contributed by atoms with E-state index in [1.54, 1.807) is 23.8 Å². The van der Waals surface area contributed by atoms with Gasteiger partial charge in [-0.1, -0.05) is 0 Å². The zero-order chi connectivity index (χ0) is 13.4. The van der Waals surface area contributed by atoms with Gasteiger partial charge >= 0.3 is 0 Å². The molecule has 0 radical (unpaired) electrons. The van der Waals surface area contributed by atoms with Crippen LogP contribution in [0.4, 0.5) is 0 Å². The van der Waals surface area contributed by atoms with E-state index in [2.05, 4.69) is 0 Å². The highest BCUT2D eigenvalue weighted by Crippen LogP contribution is 1.99. The Balaban J connectivity index is 2.52. The average molecular weight is 250 g/mol. The molecule has 1 heterocycles. The first-order valence-electron chi connectivity index (χ1n) is 5.88. The zero-order valence-corrected chi connectivity index (χ0v) is 10.8. The molecule has 5 heteroatoms. The van der Waals surface area contributed by atoms with Crippen LogP contribution in [0.25, 0.3) is 0 Å². The normalized spacial score (nSPS) is 10.3. The Labute approximate surface area is 107 Å². The van der Waals surface area contributed by atoms with Crippen LogP contribution in [0.15, 0.2) is 16.9 Å². The molecule has 0 spiro atoms. The van der Waals surface area contributed by atoms with Gasteiger partial charge in [0.2, 0.25) is 0 Å². The Bertz CT molecular complexity index is 474. The third-order valence-electron chi connectivity index (χ3n) is 2.62. The first-order chi connectivity index (χ1) is 8.70. The molecule has 0 unspecified atom stereocenters. The number of ether oxygens (including phenoxy) is 2. The Morgan fingerprint density at radius 1 is 1.33 bits per heavy atom. The summed E-state index contributed by atoms with van der Waals surface area (Å²) in [7, 11) is 1.62. The number of aromatic nitrogens is 1. The third kappa shape index (κ3) is 3.99. The van der Waals surface area contributed by atoms with Crippen LogP contribution in [-0.2, 0) is 16.0 Å². The minimum Gasteiger partial charge on any atom is -0.382 e. The number of hydrogen-bond acceptors (Lipinski definition) is 4. The van der Waals surface area contributed by atoms with Crippen molar-refractivity contribution in [3.05, 3.63) is 33.7 Å². The molecule has 0 aliphatic heterocycles. The van der Waals surface area contributed by atoms with Gasteiger partial charge in [-0.3, -0.25) is 4.79 Å². The zero-order valence-electron chi connectivity index (χ0n) is 10.8. The summed E-state index contributed by atoms with van der Waals surface area (Å²) in [5, 5.41) is 8.80. The predicted octanol–water partition coefficient (Wildman–Crippen LogP) is 1.08. The standard InChI is InChI=1S/C13H18N2O3/c1-11-4-5-12(10-14)13(16)15(11)6-3-7-18-9-8-17-2/h4-5H,3,6-9H2,1-2H3. The maximum absolute atomic E-state index is 11.9. The lowest BCUT2D eigenvalue weighted by molar-refractivity contribution is 0.0679. The molecule has 0 fully saturated rings. The first kappa shape index (κ1) is 14.4. The Hall–Kier alpha value is -1.64. The fourth-order valence-corrected chi connectivity index (χ4v) is 1.60. The van der Waals surface area contributed by atoms with E-state index in [4.69, 9.17) is 14.7 Å². The molecule has 0 saturated carbocycles. The molecule has 18 heavy (non-hydrogen) atoms. The lowest BCUT2D eigenvalue weighted by atomic mass is 10.2. The van der Waals surface area contributed by atoms with Crippen LogP contribution in [0.1, 0.15) is 17.7 Å². The van der Waals surface area contributed by atoms with Gasteiger partial charge in [-0.2, -0.15) is 5.26 Å². The van der Waals surface area contributed by atoms with Crippen molar-refractivity contribution in [1.82, 2.24) is 4.57 Å². The molecule has 0 amide bonds. The van der Waals surface area contributed by atoms with E-state index < -0.39 is 0 Å². The number of methoxy groups -OCH3 is 1. The van der Waals surface area contributed by atoms with E-state index in [1.807, 2.05) is 13.0 Å². The van der Waals surface area contributed by atoms with Crippen LogP contribution in [0.2, 0.25) is 0 Å². The second-order valence-electron chi connectivity index (χ2n) is 3.92. The Morgan fingerprint density at radius 2 is 2.11 bits per heavy atom. The largest absolute Gasteiger partial charge is 0.382 e. The molecular weight excluding hydrogens is 232 g/mol. The summed E-state index contributed by atoms with van der Waals surface area (Å²) in [5.74, 6) is 0. The highest BCUT2D eigenvalue weighted by atomic mass is 16.5. The highest BCUT2D eigenvalue weighted by molar-refractivity contribution is 5.27. The molecular formula is C13H18N2O3. The van der Waals surface area contributed by atoms with Crippen LogP contribution in [-0.4, -0.2) is 31.5 Å². The summed E-state index contributed by atoms with van der Waals surface area (Å²) in [6.45, 7) is 4.12. The lowest BCUT2D eigenvalue weighted by Crippen LogP contribution is -2.25. The van der Waals surface area contributed by atoms with Crippen molar-refractivity contribution in [2.75, 3.05) is 26.9 Å². The maximum atomic E-state index is 11.9. The quantitative estimate of drug-likeness (QED) is 0.679. The SMILES string of the molecule is COCCOCCCn1c(C)ccc(C#N)c1=O. The molecule has 1 aromatic heterocycles. The topological polar surface area (TPSA) is 64.2 Å². The lowest BCUT2D eigenvalue weighted by Gasteiger charge is -2.10. The van der Waals surface area contributed by atoms with Crippen molar-refractivity contribution in [3.63, 3.8) is 0 Å². The van der Waals surface area contributed by atoms with Crippen LogP contribution in [0, 0.1) is 18.3 Å². The maximum Gasteiger partial charge on any atom is 0.268 e. The van der Waals surface area contributed by atoms with Gasteiger partial charge in [0.15, 0.2) is 0 Å². The molecule has 0 saturated heterocycles. The number of nitrogens with zero attached hydrogens (tertiary/aromatic N) is 2. The second-order valence-corrected chi connectivity index (χ2v) is 3.92. The van der Waals surface area contributed by atoms with Crippen molar-refractivity contribution < 1.29 is 9.47 Å². The van der Waals surface area contributed by atoms with E-state index >= 15 is 0 Å². The van der Waals surface area contributed by atoms with Crippen molar-refractivity contribution >= 4 is 0 Å². The van der Waals surface area contributed by atoms with Crippen molar-refractivity contribution in [1.29, 1.82) is 5.26 Å². The fraction of sp³-hybridized carbons (Fsp3) is 0.538. The first-order valence-corrected chi connectivity index (χ1v) is 5.88. The molecule has 1 rings (SSSR count).